The number of carboxylic acid groups (broad SMARTS) is 1. The fraction of sp³-hybridized carbons (Fsp3) is 0.333. The van der Waals surface area contributed by atoms with Crippen molar-refractivity contribution in [1.29, 1.82) is 0 Å². The number of hydrogen-bond donors (Lipinski definition) is 1. The van der Waals surface area contributed by atoms with Crippen molar-refractivity contribution in [1.82, 2.24) is 0 Å². The van der Waals surface area contributed by atoms with E-state index in [9.17, 15) is 9.59 Å². The maximum absolute atomic E-state index is 11.7. The first kappa shape index (κ1) is 11.4. The molecule has 90 valence electrons. The normalized spacial score (nSPS) is 14.2. The molecule has 0 fully saturated rings. The maximum Gasteiger partial charge on any atom is 0.305 e. The average Bonchev–Trinajstić information content (AvgIpc) is 2.27. The SMILES string of the molecule is Cc1ccc2c(c1)OCC(=O)N2CCC(=O)O. The van der Waals surface area contributed by atoms with Crippen molar-refractivity contribution < 1.29 is 19.4 Å². The van der Waals surface area contributed by atoms with E-state index in [1.807, 2.05) is 19.1 Å². The molecule has 0 unspecified atom stereocenters. The topological polar surface area (TPSA) is 66.8 Å². The zero-order valence-electron chi connectivity index (χ0n) is 9.47. The molecule has 5 nitrogen and oxygen atoms in total. The van der Waals surface area contributed by atoms with Crippen molar-refractivity contribution in [3.63, 3.8) is 0 Å². The quantitative estimate of drug-likeness (QED) is 0.854. The van der Waals surface area contributed by atoms with Gasteiger partial charge in [-0.15, -0.1) is 0 Å². The molecule has 0 saturated carbocycles. The molecule has 0 spiro atoms. The summed E-state index contributed by atoms with van der Waals surface area (Å²) in [5.74, 6) is -0.490. The molecule has 1 aromatic carbocycles. The first-order valence-corrected chi connectivity index (χ1v) is 5.33. The molecule has 5 heteroatoms. The van der Waals surface area contributed by atoms with Crippen LogP contribution in [0.15, 0.2) is 18.2 Å². The Morgan fingerprint density at radius 1 is 1.53 bits per heavy atom. The number of carbonyl (C=O) groups is 2. The van der Waals surface area contributed by atoms with Gasteiger partial charge in [-0.2, -0.15) is 0 Å². The minimum atomic E-state index is -0.919. The average molecular weight is 235 g/mol. The van der Waals surface area contributed by atoms with Gasteiger partial charge in [-0.3, -0.25) is 9.59 Å². The molecule has 1 heterocycles. The molecule has 1 aliphatic rings. The Labute approximate surface area is 98.6 Å². The molecule has 0 aromatic heterocycles. The Kier molecular flexibility index (Phi) is 2.99. The highest BCUT2D eigenvalue weighted by Crippen LogP contribution is 2.32. The minimum Gasteiger partial charge on any atom is -0.482 e. The number of aryl methyl sites for hydroxylation is 1. The van der Waals surface area contributed by atoms with Crippen LogP contribution < -0.4 is 9.64 Å². The number of nitrogens with zero attached hydrogens (tertiary/aromatic N) is 1. The summed E-state index contributed by atoms with van der Waals surface area (Å²) >= 11 is 0. The number of anilines is 1. The molecule has 1 aromatic rings. The van der Waals surface area contributed by atoms with E-state index in [2.05, 4.69) is 0 Å². The number of carbonyl (C=O) groups excluding carboxylic acids is 1. The van der Waals surface area contributed by atoms with Crippen LogP contribution in [0.4, 0.5) is 5.69 Å². The molecule has 2 rings (SSSR count). The molecule has 0 aliphatic carbocycles. The van der Waals surface area contributed by atoms with Gasteiger partial charge in [0.05, 0.1) is 12.1 Å². The van der Waals surface area contributed by atoms with Gasteiger partial charge in [0.15, 0.2) is 6.61 Å². The summed E-state index contributed by atoms with van der Waals surface area (Å²) < 4.78 is 5.31. The summed E-state index contributed by atoms with van der Waals surface area (Å²) in [6.07, 6.45) is -0.0704. The van der Waals surface area contributed by atoms with Crippen LogP contribution in [0.5, 0.6) is 5.75 Å². The van der Waals surface area contributed by atoms with Crippen molar-refractivity contribution >= 4 is 17.6 Å². The fourth-order valence-electron chi connectivity index (χ4n) is 1.76. The fourth-order valence-corrected chi connectivity index (χ4v) is 1.76. The zero-order chi connectivity index (χ0) is 12.4. The van der Waals surface area contributed by atoms with Crippen molar-refractivity contribution in [3.05, 3.63) is 23.8 Å². The third-order valence-corrected chi connectivity index (χ3v) is 2.61. The molecular formula is C12H13NO4. The number of amides is 1. The first-order chi connectivity index (χ1) is 8.08. The number of rotatable bonds is 3. The van der Waals surface area contributed by atoms with Gasteiger partial charge in [0.1, 0.15) is 5.75 Å². The summed E-state index contributed by atoms with van der Waals surface area (Å²) in [6, 6.07) is 5.49. The second-order valence-corrected chi connectivity index (χ2v) is 3.95. The molecule has 0 saturated heterocycles. The Bertz CT molecular complexity index is 470. The van der Waals surface area contributed by atoms with Crippen LogP contribution >= 0.6 is 0 Å². The van der Waals surface area contributed by atoms with E-state index in [0.717, 1.165) is 5.56 Å². The van der Waals surface area contributed by atoms with E-state index in [-0.39, 0.29) is 25.5 Å². The maximum atomic E-state index is 11.7. The molecule has 0 bridgehead atoms. The van der Waals surface area contributed by atoms with Crippen molar-refractivity contribution in [2.24, 2.45) is 0 Å². The number of fused-ring (bicyclic) bond motifs is 1. The lowest BCUT2D eigenvalue weighted by Crippen LogP contribution is -2.40. The predicted octanol–water partition coefficient (Wildman–Crippen LogP) is 1.20. The van der Waals surface area contributed by atoms with Gasteiger partial charge in [-0.05, 0) is 24.6 Å². The summed E-state index contributed by atoms with van der Waals surface area (Å²) in [5.41, 5.74) is 1.68. The standard InChI is InChI=1S/C12H13NO4/c1-8-2-3-9-10(6-8)17-7-11(14)13(9)5-4-12(15)16/h2-3,6H,4-5,7H2,1H3,(H,15,16). The molecule has 1 N–H and O–H groups in total. The first-order valence-electron chi connectivity index (χ1n) is 5.33. The predicted molar refractivity (Wildman–Crippen MR) is 61.3 cm³/mol. The lowest BCUT2D eigenvalue weighted by Gasteiger charge is -2.29. The van der Waals surface area contributed by atoms with Crippen molar-refractivity contribution in [2.75, 3.05) is 18.1 Å². The van der Waals surface area contributed by atoms with Crippen LogP contribution in [0.3, 0.4) is 0 Å². The third kappa shape index (κ3) is 2.38. The Morgan fingerprint density at radius 3 is 3.00 bits per heavy atom. The largest absolute Gasteiger partial charge is 0.482 e. The highest BCUT2D eigenvalue weighted by molar-refractivity contribution is 5.98. The van der Waals surface area contributed by atoms with E-state index < -0.39 is 5.97 Å². The number of aliphatic carboxylic acids is 1. The second-order valence-electron chi connectivity index (χ2n) is 3.95. The number of hydrogen-bond acceptors (Lipinski definition) is 3. The lowest BCUT2D eigenvalue weighted by atomic mass is 10.1. The number of carboxylic acids is 1. The van der Waals surface area contributed by atoms with E-state index in [1.54, 1.807) is 6.07 Å². The molecule has 17 heavy (non-hydrogen) atoms. The van der Waals surface area contributed by atoms with Gasteiger partial charge < -0.3 is 14.7 Å². The Morgan fingerprint density at radius 2 is 2.29 bits per heavy atom. The van der Waals surface area contributed by atoms with Crippen LogP contribution in [0.25, 0.3) is 0 Å². The second kappa shape index (κ2) is 4.45. The Balaban J connectivity index is 2.27. The molecule has 1 amide bonds. The molecule has 0 atom stereocenters. The molecule has 0 radical (unpaired) electrons. The van der Waals surface area contributed by atoms with E-state index >= 15 is 0 Å². The molecule has 1 aliphatic heterocycles. The summed E-state index contributed by atoms with van der Waals surface area (Å²) in [6.45, 7) is 2.07. The van der Waals surface area contributed by atoms with Crippen LogP contribution in [0.1, 0.15) is 12.0 Å². The van der Waals surface area contributed by atoms with Crippen molar-refractivity contribution in [2.45, 2.75) is 13.3 Å². The third-order valence-electron chi connectivity index (χ3n) is 2.61. The van der Waals surface area contributed by atoms with Gasteiger partial charge in [0.25, 0.3) is 5.91 Å². The summed E-state index contributed by atoms with van der Waals surface area (Å²) in [4.78, 5) is 23.7. The smallest absolute Gasteiger partial charge is 0.305 e. The van der Waals surface area contributed by atoms with Gasteiger partial charge >= 0.3 is 5.97 Å². The molecular weight excluding hydrogens is 222 g/mol. The van der Waals surface area contributed by atoms with E-state index in [1.165, 1.54) is 4.90 Å². The number of benzene rings is 1. The van der Waals surface area contributed by atoms with E-state index in [4.69, 9.17) is 9.84 Å². The number of ether oxygens (including phenoxy) is 1. The van der Waals surface area contributed by atoms with E-state index in [0.29, 0.717) is 11.4 Å². The van der Waals surface area contributed by atoms with Gasteiger partial charge in [-0.25, -0.2) is 0 Å². The highest BCUT2D eigenvalue weighted by atomic mass is 16.5. The minimum absolute atomic E-state index is 0.0317. The summed E-state index contributed by atoms with van der Waals surface area (Å²) in [7, 11) is 0. The highest BCUT2D eigenvalue weighted by Gasteiger charge is 2.25. The lowest BCUT2D eigenvalue weighted by molar-refractivity contribution is -0.136. The van der Waals surface area contributed by atoms with Gasteiger partial charge in [0.2, 0.25) is 0 Å². The van der Waals surface area contributed by atoms with Crippen LogP contribution in [0, 0.1) is 6.92 Å². The van der Waals surface area contributed by atoms with Gasteiger partial charge in [-0.1, -0.05) is 6.07 Å². The Hall–Kier alpha value is -2.04. The van der Waals surface area contributed by atoms with Crippen molar-refractivity contribution in [3.8, 4) is 5.75 Å². The van der Waals surface area contributed by atoms with Crippen LogP contribution in [-0.2, 0) is 9.59 Å². The summed E-state index contributed by atoms with van der Waals surface area (Å²) in [5, 5.41) is 8.65. The van der Waals surface area contributed by atoms with Crippen LogP contribution in [0.2, 0.25) is 0 Å². The monoisotopic (exact) mass is 235 g/mol. The van der Waals surface area contributed by atoms with Crippen LogP contribution in [-0.4, -0.2) is 30.1 Å². The zero-order valence-corrected chi connectivity index (χ0v) is 9.47. The van der Waals surface area contributed by atoms with Gasteiger partial charge in [0, 0.05) is 6.54 Å².